The largest absolute Gasteiger partial charge is 0.244 e. The molecule has 5 nitrogen and oxygen atoms in total. The molecular weight excluding hydrogens is 310 g/mol. The number of hydrogen-bond acceptors (Lipinski definition) is 3. The number of para-hydroxylation sites is 1. The lowest BCUT2D eigenvalue weighted by Gasteiger charge is -2.22. The van der Waals surface area contributed by atoms with Crippen LogP contribution in [0.1, 0.15) is 43.5 Å². The summed E-state index contributed by atoms with van der Waals surface area (Å²) in [6.45, 7) is 3.56. The van der Waals surface area contributed by atoms with Crippen molar-refractivity contribution in [3.8, 4) is 5.69 Å². The van der Waals surface area contributed by atoms with Gasteiger partial charge in [0.05, 0.1) is 17.1 Å². The van der Waals surface area contributed by atoms with Crippen molar-refractivity contribution in [2.45, 2.75) is 56.9 Å². The zero-order valence-corrected chi connectivity index (χ0v) is 14.4. The first kappa shape index (κ1) is 16.2. The van der Waals surface area contributed by atoms with Crippen LogP contribution >= 0.6 is 0 Å². The molecule has 1 N–H and O–H groups in total. The molecule has 0 saturated heterocycles. The quantitative estimate of drug-likeness (QED) is 0.935. The van der Waals surface area contributed by atoms with Crippen LogP contribution in [0.15, 0.2) is 35.2 Å². The van der Waals surface area contributed by atoms with Crippen LogP contribution in [0.2, 0.25) is 0 Å². The first-order chi connectivity index (χ1) is 11.0. The predicted octanol–water partition coefficient (Wildman–Crippen LogP) is 3.10. The first-order valence-electron chi connectivity index (χ1n) is 8.13. The number of aromatic nitrogens is 2. The number of nitrogens with zero attached hydrogens (tertiary/aromatic N) is 2. The van der Waals surface area contributed by atoms with Gasteiger partial charge < -0.3 is 0 Å². The Morgan fingerprint density at radius 3 is 2.39 bits per heavy atom. The van der Waals surface area contributed by atoms with Gasteiger partial charge in [0, 0.05) is 6.04 Å². The van der Waals surface area contributed by atoms with E-state index in [9.17, 15) is 8.42 Å². The molecule has 1 aromatic heterocycles. The summed E-state index contributed by atoms with van der Waals surface area (Å²) in [5, 5.41) is 4.44. The summed E-state index contributed by atoms with van der Waals surface area (Å²) in [7, 11) is -3.54. The van der Waals surface area contributed by atoms with Crippen LogP contribution in [0, 0.1) is 13.8 Å². The lowest BCUT2D eigenvalue weighted by atomic mass is 9.96. The van der Waals surface area contributed by atoms with Gasteiger partial charge in [-0.15, -0.1) is 0 Å². The van der Waals surface area contributed by atoms with Crippen LogP contribution in [0.25, 0.3) is 5.69 Å². The van der Waals surface area contributed by atoms with Crippen LogP contribution in [0.4, 0.5) is 0 Å². The number of nitrogens with one attached hydrogen (secondary N) is 1. The van der Waals surface area contributed by atoms with Crippen molar-refractivity contribution in [3.05, 3.63) is 41.7 Å². The molecule has 1 aliphatic carbocycles. The van der Waals surface area contributed by atoms with Gasteiger partial charge in [-0.2, -0.15) is 5.10 Å². The molecule has 1 saturated carbocycles. The lowest BCUT2D eigenvalue weighted by Crippen LogP contribution is -2.36. The molecule has 0 unspecified atom stereocenters. The molecule has 1 fully saturated rings. The maximum absolute atomic E-state index is 12.8. The molecule has 0 spiro atoms. The van der Waals surface area contributed by atoms with Crippen molar-refractivity contribution in [2.24, 2.45) is 0 Å². The van der Waals surface area contributed by atoms with Gasteiger partial charge >= 0.3 is 0 Å². The standard InChI is InChI=1S/C17H23N3O2S/c1-13-17(23(21,22)19-15-9-5-3-6-10-15)14(2)20(18-13)16-11-7-4-8-12-16/h4,7-8,11-12,15,19H,3,5-6,9-10H2,1-2H3. The Labute approximate surface area is 137 Å². The number of benzene rings is 1. The topological polar surface area (TPSA) is 64.0 Å². The molecule has 0 aliphatic heterocycles. The maximum atomic E-state index is 12.8. The Morgan fingerprint density at radius 2 is 1.74 bits per heavy atom. The molecular formula is C17H23N3O2S. The molecule has 0 radical (unpaired) electrons. The molecule has 6 heteroatoms. The summed E-state index contributed by atoms with van der Waals surface area (Å²) in [6.07, 6.45) is 5.22. The Morgan fingerprint density at radius 1 is 1.09 bits per heavy atom. The van der Waals surface area contributed by atoms with Gasteiger partial charge in [0.15, 0.2) is 0 Å². The minimum absolute atomic E-state index is 0.0487. The summed E-state index contributed by atoms with van der Waals surface area (Å²) in [4.78, 5) is 0.312. The van der Waals surface area contributed by atoms with E-state index in [1.807, 2.05) is 37.3 Å². The van der Waals surface area contributed by atoms with E-state index >= 15 is 0 Å². The molecule has 0 amide bonds. The van der Waals surface area contributed by atoms with Gasteiger partial charge in [0.25, 0.3) is 0 Å². The van der Waals surface area contributed by atoms with E-state index in [1.165, 1.54) is 6.42 Å². The normalized spacial score (nSPS) is 16.6. The molecule has 124 valence electrons. The second-order valence-electron chi connectivity index (χ2n) is 6.20. The Hall–Kier alpha value is -1.66. The summed E-state index contributed by atoms with van der Waals surface area (Å²) in [5.74, 6) is 0. The molecule has 0 atom stereocenters. The zero-order chi connectivity index (χ0) is 16.4. The number of aryl methyl sites for hydroxylation is 1. The van der Waals surface area contributed by atoms with Gasteiger partial charge in [-0.25, -0.2) is 17.8 Å². The zero-order valence-electron chi connectivity index (χ0n) is 13.6. The molecule has 1 aromatic carbocycles. The third kappa shape index (κ3) is 3.33. The third-order valence-corrected chi connectivity index (χ3v) is 6.19. The SMILES string of the molecule is Cc1nn(-c2ccccc2)c(C)c1S(=O)(=O)NC1CCCCC1. The lowest BCUT2D eigenvalue weighted by molar-refractivity contribution is 0.412. The predicted molar refractivity (Wildman–Crippen MR) is 90.2 cm³/mol. The van der Waals surface area contributed by atoms with E-state index in [4.69, 9.17) is 0 Å². The number of hydrogen-bond donors (Lipinski definition) is 1. The van der Waals surface area contributed by atoms with E-state index in [0.717, 1.165) is 31.4 Å². The van der Waals surface area contributed by atoms with E-state index < -0.39 is 10.0 Å². The van der Waals surface area contributed by atoms with Crippen LogP contribution in [-0.2, 0) is 10.0 Å². The van der Waals surface area contributed by atoms with E-state index in [0.29, 0.717) is 16.3 Å². The Kier molecular flexibility index (Phi) is 4.55. The van der Waals surface area contributed by atoms with E-state index in [-0.39, 0.29) is 6.04 Å². The molecule has 23 heavy (non-hydrogen) atoms. The Bertz CT molecular complexity index is 776. The summed E-state index contributed by atoms with van der Waals surface area (Å²) >= 11 is 0. The number of sulfonamides is 1. The Balaban J connectivity index is 1.94. The van der Waals surface area contributed by atoms with Gasteiger partial charge in [0.1, 0.15) is 4.90 Å². The van der Waals surface area contributed by atoms with Crippen molar-refractivity contribution in [1.29, 1.82) is 0 Å². The average Bonchev–Trinajstić information content (AvgIpc) is 2.84. The monoisotopic (exact) mass is 333 g/mol. The highest BCUT2D eigenvalue weighted by molar-refractivity contribution is 7.89. The highest BCUT2D eigenvalue weighted by Crippen LogP contribution is 2.25. The van der Waals surface area contributed by atoms with Gasteiger partial charge in [-0.1, -0.05) is 37.5 Å². The van der Waals surface area contributed by atoms with Crippen LogP contribution in [-0.4, -0.2) is 24.2 Å². The second-order valence-corrected chi connectivity index (χ2v) is 7.85. The van der Waals surface area contributed by atoms with Crippen molar-refractivity contribution in [3.63, 3.8) is 0 Å². The minimum atomic E-state index is -3.54. The first-order valence-corrected chi connectivity index (χ1v) is 9.61. The molecule has 1 aliphatic rings. The number of rotatable bonds is 4. The summed E-state index contributed by atoms with van der Waals surface area (Å²) in [5.41, 5.74) is 2.05. The van der Waals surface area contributed by atoms with Crippen molar-refractivity contribution in [2.75, 3.05) is 0 Å². The summed E-state index contributed by atoms with van der Waals surface area (Å²) in [6, 6.07) is 9.65. The van der Waals surface area contributed by atoms with Crippen molar-refractivity contribution in [1.82, 2.24) is 14.5 Å². The van der Waals surface area contributed by atoms with Crippen molar-refractivity contribution < 1.29 is 8.42 Å². The minimum Gasteiger partial charge on any atom is -0.236 e. The van der Waals surface area contributed by atoms with E-state index in [2.05, 4.69) is 9.82 Å². The van der Waals surface area contributed by atoms with Crippen molar-refractivity contribution >= 4 is 10.0 Å². The second kappa shape index (κ2) is 6.45. The maximum Gasteiger partial charge on any atom is 0.244 e. The van der Waals surface area contributed by atoms with E-state index in [1.54, 1.807) is 11.6 Å². The van der Waals surface area contributed by atoms with Gasteiger partial charge in [0.2, 0.25) is 10.0 Å². The van der Waals surface area contributed by atoms with Crippen LogP contribution < -0.4 is 4.72 Å². The van der Waals surface area contributed by atoms with Crippen LogP contribution in [0.3, 0.4) is 0 Å². The fraction of sp³-hybridized carbons (Fsp3) is 0.471. The van der Waals surface area contributed by atoms with Gasteiger partial charge in [-0.3, -0.25) is 0 Å². The van der Waals surface area contributed by atoms with Crippen LogP contribution in [0.5, 0.6) is 0 Å². The molecule has 1 heterocycles. The fourth-order valence-electron chi connectivity index (χ4n) is 3.34. The summed E-state index contributed by atoms with van der Waals surface area (Å²) < 4.78 is 30.2. The molecule has 3 rings (SSSR count). The smallest absolute Gasteiger partial charge is 0.236 e. The highest BCUT2D eigenvalue weighted by atomic mass is 32.2. The average molecular weight is 333 g/mol. The third-order valence-electron chi connectivity index (χ3n) is 4.42. The van der Waals surface area contributed by atoms with Gasteiger partial charge in [-0.05, 0) is 38.8 Å². The molecule has 2 aromatic rings. The highest BCUT2D eigenvalue weighted by Gasteiger charge is 2.28. The molecule has 0 bridgehead atoms. The fourth-order valence-corrected chi connectivity index (χ4v) is 5.03.